The molecule has 1 saturated heterocycles. The van der Waals surface area contributed by atoms with E-state index in [1.807, 2.05) is 12.4 Å². The van der Waals surface area contributed by atoms with Crippen molar-refractivity contribution in [3.63, 3.8) is 0 Å². The number of carbonyl (C=O) groups is 3. The minimum absolute atomic E-state index is 0.00206. The second-order valence-corrected chi connectivity index (χ2v) is 8.91. The Hall–Kier alpha value is -1.93. The number of halogens is 1. The fourth-order valence-corrected chi connectivity index (χ4v) is 4.33. The summed E-state index contributed by atoms with van der Waals surface area (Å²) in [5.74, 6) is 0.0808. The molecule has 28 heavy (non-hydrogen) atoms. The van der Waals surface area contributed by atoms with Crippen molar-refractivity contribution >= 4 is 39.3 Å². The van der Waals surface area contributed by atoms with Crippen LogP contribution in [0, 0.1) is 5.92 Å². The lowest BCUT2D eigenvalue weighted by atomic mass is 9.95. The molecule has 1 aromatic rings. The zero-order valence-corrected chi connectivity index (χ0v) is 18.1. The van der Waals surface area contributed by atoms with Crippen LogP contribution in [-0.2, 0) is 9.59 Å². The number of hydrogen-bond donors (Lipinski definition) is 3. The predicted octanol–water partition coefficient (Wildman–Crippen LogP) is 1.10. The molecule has 8 heteroatoms. The molecule has 0 spiro atoms. The van der Waals surface area contributed by atoms with Gasteiger partial charge in [0.2, 0.25) is 5.91 Å². The first kappa shape index (κ1) is 20.8. The highest BCUT2D eigenvalue weighted by Gasteiger charge is 2.40. The Morgan fingerprint density at radius 1 is 1.39 bits per heavy atom. The SMILES string of the molecule is C[NH2+][C@@H](CC(C)C)C(=O)N[C@H]1CCN2C(=O)c3cc(Br)ccc3NC(=O)[C@@H]2C1. The number of benzene rings is 1. The van der Waals surface area contributed by atoms with Crippen LogP contribution in [0.15, 0.2) is 22.7 Å². The quantitative estimate of drug-likeness (QED) is 0.625. The van der Waals surface area contributed by atoms with Gasteiger partial charge in [-0.05, 0) is 37.0 Å². The Bertz CT molecular complexity index is 783. The molecular weight excluding hydrogens is 424 g/mol. The van der Waals surface area contributed by atoms with Crippen molar-refractivity contribution in [2.24, 2.45) is 5.92 Å². The lowest BCUT2D eigenvalue weighted by molar-refractivity contribution is -0.651. The first-order valence-corrected chi connectivity index (χ1v) is 10.6. The first-order chi connectivity index (χ1) is 13.3. The van der Waals surface area contributed by atoms with Crippen LogP contribution < -0.4 is 16.0 Å². The smallest absolute Gasteiger partial charge is 0.278 e. The topological polar surface area (TPSA) is 95.1 Å². The summed E-state index contributed by atoms with van der Waals surface area (Å²) in [4.78, 5) is 40.0. The maximum absolute atomic E-state index is 13.0. The van der Waals surface area contributed by atoms with Gasteiger partial charge in [0.1, 0.15) is 6.04 Å². The third-order valence-electron chi connectivity index (χ3n) is 5.45. The van der Waals surface area contributed by atoms with Crippen molar-refractivity contribution < 1.29 is 19.7 Å². The van der Waals surface area contributed by atoms with E-state index in [0.717, 1.165) is 10.9 Å². The summed E-state index contributed by atoms with van der Waals surface area (Å²) in [6.45, 7) is 4.64. The molecule has 0 aromatic heterocycles. The summed E-state index contributed by atoms with van der Waals surface area (Å²) in [6, 6.07) is 4.45. The van der Waals surface area contributed by atoms with Gasteiger partial charge in [-0.2, -0.15) is 0 Å². The van der Waals surface area contributed by atoms with Gasteiger partial charge in [-0.15, -0.1) is 0 Å². The summed E-state index contributed by atoms with van der Waals surface area (Å²) in [6.07, 6.45) is 1.87. The summed E-state index contributed by atoms with van der Waals surface area (Å²) in [5, 5.41) is 7.90. The molecule has 3 atom stereocenters. The van der Waals surface area contributed by atoms with E-state index in [1.54, 1.807) is 23.1 Å². The number of piperidine rings is 1. The highest BCUT2D eigenvalue weighted by Crippen LogP contribution is 2.30. The van der Waals surface area contributed by atoms with Gasteiger partial charge < -0.3 is 20.9 Å². The minimum atomic E-state index is -0.577. The van der Waals surface area contributed by atoms with Crippen LogP contribution in [0.5, 0.6) is 0 Å². The van der Waals surface area contributed by atoms with Crippen molar-refractivity contribution in [1.82, 2.24) is 10.2 Å². The van der Waals surface area contributed by atoms with E-state index in [2.05, 4.69) is 40.4 Å². The third-order valence-corrected chi connectivity index (χ3v) is 5.94. The fraction of sp³-hybridized carbons (Fsp3) is 0.550. The second kappa shape index (κ2) is 8.61. The molecule has 0 radical (unpaired) electrons. The number of rotatable bonds is 5. The van der Waals surface area contributed by atoms with Crippen molar-refractivity contribution in [2.75, 3.05) is 18.9 Å². The zero-order valence-electron chi connectivity index (χ0n) is 16.5. The standard InChI is InChI=1S/C20H27BrN4O3/c1-11(2)8-16(22-3)18(26)23-13-6-7-25-17(10-13)19(27)24-15-5-4-12(21)9-14(15)20(25)28/h4-5,9,11,13,16-17,22H,6-8,10H2,1-3H3,(H,23,26)(H,24,27)/p+1/t13-,16-,17-/m0/s1. The zero-order chi connectivity index (χ0) is 20.4. The number of nitrogens with two attached hydrogens (primary N) is 1. The fourth-order valence-electron chi connectivity index (χ4n) is 3.97. The number of carbonyl (C=O) groups excluding carboxylic acids is 3. The first-order valence-electron chi connectivity index (χ1n) is 9.81. The lowest BCUT2D eigenvalue weighted by Crippen LogP contribution is -2.89. The molecule has 0 saturated carbocycles. The number of anilines is 1. The van der Waals surface area contributed by atoms with Gasteiger partial charge in [0.15, 0.2) is 6.04 Å². The van der Waals surface area contributed by atoms with Gasteiger partial charge in [-0.25, -0.2) is 0 Å². The summed E-state index contributed by atoms with van der Waals surface area (Å²) in [7, 11) is 1.90. The molecule has 0 bridgehead atoms. The average molecular weight is 452 g/mol. The molecule has 0 aliphatic carbocycles. The molecule has 152 valence electrons. The molecule has 4 N–H and O–H groups in total. The van der Waals surface area contributed by atoms with Crippen molar-refractivity contribution in [3.05, 3.63) is 28.2 Å². The summed E-state index contributed by atoms with van der Waals surface area (Å²) in [5.41, 5.74) is 1.02. The highest BCUT2D eigenvalue weighted by atomic mass is 79.9. The van der Waals surface area contributed by atoms with Crippen LogP contribution in [0.25, 0.3) is 0 Å². The number of fused-ring (bicyclic) bond motifs is 2. The Kier molecular flexibility index (Phi) is 6.40. The number of likely N-dealkylation sites (N-methyl/N-ethyl adjacent to an activating group) is 1. The van der Waals surface area contributed by atoms with E-state index in [0.29, 0.717) is 36.6 Å². The van der Waals surface area contributed by atoms with Gasteiger partial charge in [0.05, 0.1) is 18.3 Å². The molecule has 2 aliphatic heterocycles. The number of hydrogen-bond acceptors (Lipinski definition) is 3. The minimum Gasteiger partial charge on any atom is -0.348 e. The monoisotopic (exact) mass is 451 g/mol. The number of nitrogens with zero attached hydrogens (tertiary/aromatic N) is 1. The molecule has 1 fully saturated rings. The van der Waals surface area contributed by atoms with Crippen molar-refractivity contribution in [1.29, 1.82) is 0 Å². The molecule has 3 rings (SSSR count). The van der Waals surface area contributed by atoms with Gasteiger partial charge in [0, 0.05) is 23.5 Å². The Labute approximate surface area is 173 Å². The second-order valence-electron chi connectivity index (χ2n) is 7.99. The van der Waals surface area contributed by atoms with E-state index < -0.39 is 6.04 Å². The van der Waals surface area contributed by atoms with E-state index in [-0.39, 0.29) is 29.8 Å². The highest BCUT2D eigenvalue weighted by molar-refractivity contribution is 9.10. The Morgan fingerprint density at radius 3 is 2.82 bits per heavy atom. The predicted molar refractivity (Wildman–Crippen MR) is 110 cm³/mol. The van der Waals surface area contributed by atoms with Gasteiger partial charge >= 0.3 is 0 Å². The molecule has 2 heterocycles. The third kappa shape index (κ3) is 4.38. The normalized spacial score (nSPS) is 22.8. The van der Waals surface area contributed by atoms with Gasteiger partial charge in [-0.3, -0.25) is 14.4 Å². The average Bonchev–Trinajstić information content (AvgIpc) is 2.75. The number of quaternary nitrogens is 1. The van der Waals surface area contributed by atoms with Crippen LogP contribution in [0.3, 0.4) is 0 Å². The molecule has 1 aromatic carbocycles. The maximum atomic E-state index is 13.0. The van der Waals surface area contributed by atoms with Crippen LogP contribution in [0.4, 0.5) is 5.69 Å². The largest absolute Gasteiger partial charge is 0.348 e. The van der Waals surface area contributed by atoms with Crippen molar-refractivity contribution in [3.8, 4) is 0 Å². The number of amides is 3. The van der Waals surface area contributed by atoms with E-state index in [4.69, 9.17) is 0 Å². The van der Waals surface area contributed by atoms with E-state index in [9.17, 15) is 14.4 Å². The summed E-state index contributed by atoms with van der Waals surface area (Å²) < 4.78 is 0.793. The van der Waals surface area contributed by atoms with Crippen LogP contribution in [-0.4, -0.2) is 54.3 Å². The molecular formula is C20H28BrN4O3+. The van der Waals surface area contributed by atoms with Gasteiger partial charge in [-0.1, -0.05) is 29.8 Å². The lowest BCUT2D eigenvalue weighted by Gasteiger charge is -2.37. The van der Waals surface area contributed by atoms with Gasteiger partial charge in [0.25, 0.3) is 11.8 Å². The molecule has 0 unspecified atom stereocenters. The van der Waals surface area contributed by atoms with E-state index in [1.165, 1.54) is 0 Å². The number of nitrogens with one attached hydrogen (secondary N) is 2. The Morgan fingerprint density at radius 2 is 2.14 bits per heavy atom. The van der Waals surface area contributed by atoms with E-state index >= 15 is 0 Å². The molecule has 2 aliphatic rings. The molecule has 7 nitrogen and oxygen atoms in total. The van der Waals surface area contributed by atoms with Crippen LogP contribution in [0.2, 0.25) is 0 Å². The van der Waals surface area contributed by atoms with Crippen LogP contribution in [0.1, 0.15) is 43.5 Å². The molecule has 3 amide bonds. The van der Waals surface area contributed by atoms with Crippen molar-refractivity contribution in [2.45, 2.75) is 51.2 Å². The Balaban J connectivity index is 1.72. The van der Waals surface area contributed by atoms with Crippen LogP contribution >= 0.6 is 15.9 Å². The maximum Gasteiger partial charge on any atom is 0.278 e. The summed E-state index contributed by atoms with van der Waals surface area (Å²) >= 11 is 3.39.